The summed E-state index contributed by atoms with van der Waals surface area (Å²) in [7, 11) is 0. The Hall–Kier alpha value is -0.860. The van der Waals surface area contributed by atoms with Crippen LogP contribution in [0.15, 0.2) is 24.3 Å². The highest BCUT2D eigenvalue weighted by molar-refractivity contribution is 5.23. The lowest BCUT2D eigenvalue weighted by Gasteiger charge is -2.17. The van der Waals surface area contributed by atoms with E-state index in [0.717, 1.165) is 37.9 Å². The molecular formula is C18H28N2. The van der Waals surface area contributed by atoms with Crippen molar-refractivity contribution in [2.75, 3.05) is 26.2 Å². The van der Waals surface area contributed by atoms with E-state index < -0.39 is 0 Å². The van der Waals surface area contributed by atoms with Crippen molar-refractivity contribution in [3.8, 4) is 0 Å². The van der Waals surface area contributed by atoms with Gasteiger partial charge in [-0.25, -0.2) is 0 Å². The summed E-state index contributed by atoms with van der Waals surface area (Å²) in [5, 5.41) is 3.38. The van der Waals surface area contributed by atoms with Crippen molar-refractivity contribution >= 4 is 0 Å². The number of benzene rings is 1. The van der Waals surface area contributed by atoms with Gasteiger partial charge in [0.25, 0.3) is 0 Å². The van der Waals surface area contributed by atoms with Gasteiger partial charge in [-0.1, -0.05) is 37.6 Å². The van der Waals surface area contributed by atoms with E-state index in [0.29, 0.717) is 0 Å². The lowest BCUT2D eigenvalue weighted by molar-refractivity contribution is 0.303. The summed E-state index contributed by atoms with van der Waals surface area (Å²) in [5.41, 5.74) is 2.94. The summed E-state index contributed by atoms with van der Waals surface area (Å²) in [6, 6.07) is 9.28. The quantitative estimate of drug-likeness (QED) is 0.801. The van der Waals surface area contributed by atoms with E-state index in [-0.39, 0.29) is 0 Å². The first-order valence-electron chi connectivity index (χ1n) is 8.36. The van der Waals surface area contributed by atoms with E-state index in [4.69, 9.17) is 0 Å². The summed E-state index contributed by atoms with van der Waals surface area (Å²) in [4.78, 5) is 2.67. The van der Waals surface area contributed by atoms with Gasteiger partial charge in [-0.15, -0.1) is 0 Å². The monoisotopic (exact) mass is 272 g/mol. The molecule has 1 aromatic carbocycles. The minimum absolute atomic E-state index is 1.01. The van der Waals surface area contributed by atoms with Gasteiger partial charge in [0.2, 0.25) is 0 Å². The smallest absolute Gasteiger partial charge is 0.0233 e. The molecule has 0 spiro atoms. The van der Waals surface area contributed by atoms with Gasteiger partial charge in [0.05, 0.1) is 0 Å². The molecule has 0 bridgehead atoms. The summed E-state index contributed by atoms with van der Waals surface area (Å²) in [5.74, 6) is 2.02. The average Bonchev–Trinajstić information content (AvgIpc) is 3.02. The van der Waals surface area contributed by atoms with Crippen molar-refractivity contribution in [2.24, 2.45) is 11.8 Å². The molecule has 1 N–H and O–H groups in total. The van der Waals surface area contributed by atoms with Gasteiger partial charge in [0.15, 0.2) is 0 Å². The number of rotatable bonds is 6. The molecule has 3 rings (SSSR count). The first-order valence-corrected chi connectivity index (χ1v) is 8.36. The number of hydrogen-bond donors (Lipinski definition) is 1. The molecule has 1 aromatic rings. The third kappa shape index (κ3) is 3.42. The maximum absolute atomic E-state index is 3.38. The van der Waals surface area contributed by atoms with Gasteiger partial charge < -0.3 is 5.32 Å². The highest BCUT2D eigenvalue weighted by Gasteiger charge is 2.35. The molecule has 1 aliphatic heterocycles. The predicted octanol–water partition coefficient (Wildman–Crippen LogP) is 3.07. The van der Waals surface area contributed by atoms with Crippen LogP contribution < -0.4 is 5.32 Å². The Morgan fingerprint density at radius 2 is 1.70 bits per heavy atom. The molecule has 2 fully saturated rings. The molecule has 0 radical (unpaired) electrons. The first-order chi connectivity index (χ1) is 9.85. The standard InChI is InChI=1S/C18H28N2/c1-2-19-11-10-15-6-8-16(9-7-15)12-20-13-17-4-3-5-18(17)14-20/h6-9,17-19H,2-5,10-14H2,1H3. The van der Waals surface area contributed by atoms with Crippen LogP contribution in [0.1, 0.15) is 37.3 Å². The Morgan fingerprint density at radius 1 is 1.05 bits per heavy atom. The van der Waals surface area contributed by atoms with Crippen LogP contribution in [0.3, 0.4) is 0 Å². The van der Waals surface area contributed by atoms with E-state index in [9.17, 15) is 0 Å². The molecule has 20 heavy (non-hydrogen) atoms. The minimum atomic E-state index is 1.01. The van der Waals surface area contributed by atoms with Gasteiger partial charge >= 0.3 is 0 Å². The fraction of sp³-hybridized carbons (Fsp3) is 0.667. The molecule has 2 aliphatic rings. The largest absolute Gasteiger partial charge is 0.317 e. The number of likely N-dealkylation sites (tertiary alicyclic amines) is 1. The molecule has 0 aromatic heterocycles. The molecule has 1 saturated heterocycles. The number of fused-ring (bicyclic) bond motifs is 1. The minimum Gasteiger partial charge on any atom is -0.317 e. The highest BCUT2D eigenvalue weighted by atomic mass is 15.2. The zero-order valence-electron chi connectivity index (χ0n) is 12.8. The maximum Gasteiger partial charge on any atom is 0.0233 e. The van der Waals surface area contributed by atoms with Crippen molar-refractivity contribution in [3.05, 3.63) is 35.4 Å². The number of likely N-dealkylation sites (N-methyl/N-ethyl adjacent to an activating group) is 1. The van der Waals surface area contributed by atoms with E-state index in [1.807, 2.05) is 0 Å². The molecule has 1 aliphatic carbocycles. The second-order valence-corrected chi connectivity index (χ2v) is 6.57. The fourth-order valence-electron chi connectivity index (χ4n) is 3.94. The third-order valence-corrected chi connectivity index (χ3v) is 5.07. The molecule has 2 heteroatoms. The molecule has 0 amide bonds. The van der Waals surface area contributed by atoms with Crippen LogP contribution in [0.25, 0.3) is 0 Å². The van der Waals surface area contributed by atoms with E-state index >= 15 is 0 Å². The highest BCUT2D eigenvalue weighted by Crippen LogP contribution is 2.38. The second-order valence-electron chi connectivity index (χ2n) is 6.57. The van der Waals surface area contributed by atoms with Gasteiger partial charge in [0, 0.05) is 19.6 Å². The Bertz CT molecular complexity index is 400. The zero-order valence-corrected chi connectivity index (χ0v) is 12.8. The summed E-state index contributed by atoms with van der Waals surface area (Å²) >= 11 is 0. The Kier molecular flexibility index (Phi) is 4.74. The van der Waals surface area contributed by atoms with Gasteiger partial charge in [-0.3, -0.25) is 4.90 Å². The van der Waals surface area contributed by atoms with Crippen LogP contribution in [-0.4, -0.2) is 31.1 Å². The lowest BCUT2D eigenvalue weighted by Crippen LogP contribution is -2.21. The lowest BCUT2D eigenvalue weighted by atomic mass is 10.0. The molecule has 110 valence electrons. The second kappa shape index (κ2) is 6.73. The summed E-state index contributed by atoms with van der Waals surface area (Å²) in [6.07, 6.45) is 5.57. The number of hydrogen-bond acceptors (Lipinski definition) is 2. The molecule has 2 nitrogen and oxygen atoms in total. The maximum atomic E-state index is 3.38. The van der Waals surface area contributed by atoms with Crippen LogP contribution in [0.4, 0.5) is 0 Å². The van der Waals surface area contributed by atoms with Gasteiger partial charge in [-0.2, -0.15) is 0 Å². The van der Waals surface area contributed by atoms with Crippen molar-refractivity contribution in [3.63, 3.8) is 0 Å². The number of nitrogens with zero attached hydrogens (tertiary/aromatic N) is 1. The van der Waals surface area contributed by atoms with E-state index in [1.54, 1.807) is 0 Å². The number of nitrogens with one attached hydrogen (secondary N) is 1. The third-order valence-electron chi connectivity index (χ3n) is 5.07. The van der Waals surface area contributed by atoms with Gasteiger partial charge in [-0.05, 0) is 55.3 Å². The summed E-state index contributed by atoms with van der Waals surface area (Å²) in [6.45, 7) is 8.15. The van der Waals surface area contributed by atoms with Gasteiger partial charge in [0.1, 0.15) is 0 Å². The fourth-order valence-corrected chi connectivity index (χ4v) is 3.94. The van der Waals surface area contributed by atoms with Crippen LogP contribution in [0.5, 0.6) is 0 Å². The Labute approximate surface area is 123 Å². The van der Waals surface area contributed by atoms with Crippen LogP contribution in [-0.2, 0) is 13.0 Å². The van der Waals surface area contributed by atoms with Crippen molar-refractivity contribution in [1.82, 2.24) is 10.2 Å². The molecular weight excluding hydrogens is 244 g/mol. The topological polar surface area (TPSA) is 15.3 Å². The van der Waals surface area contributed by atoms with E-state index in [1.165, 1.54) is 43.5 Å². The molecule has 1 saturated carbocycles. The van der Waals surface area contributed by atoms with E-state index in [2.05, 4.69) is 41.4 Å². The predicted molar refractivity (Wildman–Crippen MR) is 84.8 cm³/mol. The normalized spacial score (nSPS) is 26.1. The van der Waals surface area contributed by atoms with Crippen LogP contribution >= 0.6 is 0 Å². The first kappa shape index (κ1) is 14.1. The molecule has 2 unspecified atom stereocenters. The Balaban J connectivity index is 1.48. The van der Waals surface area contributed by atoms with Crippen LogP contribution in [0.2, 0.25) is 0 Å². The SMILES string of the molecule is CCNCCc1ccc(CN2CC3CCCC3C2)cc1. The zero-order chi connectivity index (χ0) is 13.8. The van der Waals surface area contributed by atoms with Crippen molar-refractivity contribution < 1.29 is 0 Å². The molecule has 2 atom stereocenters. The van der Waals surface area contributed by atoms with Crippen LogP contribution in [0, 0.1) is 11.8 Å². The summed E-state index contributed by atoms with van der Waals surface area (Å²) < 4.78 is 0. The average molecular weight is 272 g/mol. The molecule has 1 heterocycles. The van der Waals surface area contributed by atoms with Crippen molar-refractivity contribution in [1.29, 1.82) is 0 Å². The Morgan fingerprint density at radius 3 is 2.35 bits per heavy atom. The van der Waals surface area contributed by atoms with Crippen molar-refractivity contribution in [2.45, 2.75) is 39.2 Å².